The van der Waals surface area contributed by atoms with E-state index in [1.54, 1.807) is 6.07 Å². The Morgan fingerprint density at radius 3 is 2.41 bits per heavy atom. The maximum absolute atomic E-state index is 14.0. The highest BCUT2D eigenvalue weighted by Crippen LogP contribution is 2.23. The molecule has 4 aromatic rings. The molecule has 0 unspecified atom stereocenters. The van der Waals surface area contributed by atoms with E-state index in [0.717, 1.165) is 29.5 Å². The second-order valence-corrected chi connectivity index (χ2v) is 10.3. The third kappa shape index (κ3) is 4.60. The Morgan fingerprint density at radius 2 is 1.74 bits per heavy atom. The average molecular weight is 499 g/mol. The molecular formula is C25H20ClFN2O4S. The summed E-state index contributed by atoms with van der Waals surface area (Å²) >= 11 is 5.86. The number of nitrogens with zero attached hydrogens (tertiary/aromatic N) is 1. The van der Waals surface area contributed by atoms with Crippen LogP contribution >= 0.6 is 11.6 Å². The van der Waals surface area contributed by atoms with Crippen LogP contribution in [0.5, 0.6) is 0 Å². The molecule has 34 heavy (non-hydrogen) atoms. The molecular weight excluding hydrogens is 479 g/mol. The summed E-state index contributed by atoms with van der Waals surface area (Å²) in [4.78, 5) is 25.2. The molecule has 6 nitrogen and oxygen atoms in total. The maximum Gasteiger partial charge on any atom is 0.244 e. The van der Waals surface area contributed by atoms with Gasteiger partial charge in [-0.1, -0.05) is 29.3 Å². The molecule has 174 valence electrons. The van der Waals surface area contributed by atoms with Gasteiger partial charge in [0, 0.05) is 22.3 Å². The average Bonchev–Trinajstić information content (AvgIpc) is 2.78. The number of anilines is 1. The molecule has 4 rings (SSSR count). The van der Waals surface area contributed by atoms with E-state index in [1.165, 1.54) is 34.9 Å². The van der Waals surface area contributed by atoms with Crippen LogP contribution in [0.2, 0.25) is 5.02 Å². The van der Waals surface area contributed by atoms with Crippen LogP contribution in [-0.4, -0.2) is 18.9 Å². The lowest BCUT2D eigenvalue weighted by Crippen LogP contribution is -2.24. The second-order valence-electron chi connectivity index (χ2n) is 7.94. The number of rotatable bonds is 5. The van der Waals surface area contributed by atoms with Gasteiger partial charge in [0.1, 0.15) is 17.3 Å². The molecule has 1 N–H and O–H groups in total. The Morgan fingerprint density at radius 1 is 1.03 bits per heavy atom. The van der Waals surface area contributed by atoms with E-state index < -0.39 is 31.9 Å². The minimum Gasteiger partial charge on any atom is -0.336 e. The van der Waals surface area contributed by atoms with Gasteiger partial charge >= 0.3 is 0 Å². The van der Waals surface area contributed by atoms with Gasteiger partial charge in [0.2, 0.25) is 21.2 Å². The Balaban J connectivity index is 1.82. The smallest absolute Gasteiger partial charge is 0.244 e. The lowest BCUT2D eigenvalue weighted by atomic mass is 10.1. The van der Waals surface area contributed by atoms with Crippen molar-refractivity contribution in [2.45, 2.75) is 30.2 Å². The summed E-state index contributed by atoms with van der Waals surface area (Å²) < 4.78 is 41.8. The third-order valence-electron chi connectivity index (χ3n) is 5.39. The zero-order chi connectivity index (χ0) is 24.6. The van der Waals surface area contributed by atoms with Crippen molar-refractivity contribution in [2.24, 2.45) is 0 Å². The van der Waals surface area contributed by atoms with E-state index in [-0.39, 0.29) is 22.3 Å². The van der Waals surface area contributed by atoms with Crippen molar-refractivity contribution < 1.29 is 17.6 Å². The first-order valence-electron chi connectivity index (χ1n) is 10.3. The Bertz CT molecular complexity index is 1600. The maximum atomic E-state index is 14.0. The van der Waals surface area contributed by atoms with Gasteiger partial charge in [-0.25, -0.2) is 12.8 Å². The number of aryl methyl sites for hydroxylation is 2. The van der Waals surface area contributed by atoms with Crippen molar-refractivity contribution >= 4 is 43.9 Å². The molecule has 0 aliphatic carbocycles. The van der Waals surface area contributed by atoms with Gasteiger partial charge in [-0.2, -0.15) is 0 Å². The molecule has 0 atom stereocenters. The zero-order valence-corrected chi connectivity index (χ0v) is 19.9. The van der Waals surface area contributed by atoms with E-state index in [9.17, 15) is 22.4 Å². The summed E-state index contributed by atoms with van der Waals surface area (Å²) in [6, 6.07) is 14.4. The quantitative estimate of drug-likeness (QED) is 0.425. The van der Waals surface area contributed by atoms with Crippen LogP contribution in [0.25, 0.3) is 10.9 Å². The Kier molecular flexibility index (Phi) is 6.29. The van der Waals surface area contributed by atoms with Gasteiger partial charge in [0.25, 0.3) is 0 Å². The number of carbonyl (C=O) groups is 1. The van der Waals surface area contributed by atoms with Gasteiger partial charge in [-0.3, -0.25) is 9.59 Å². The lowest BCUT2D eigenvalue weighted by molar-refractivity contribution is -0.116. The van der Waals surface area contributed by atoms with Crippen molar-refractivity contribution in [3.8, 4) is 0 Å². The molecule has 0 aliphatic heterocycles. The van der Waals surface area contributed by atoms with E-state index in [0.29, 0.717) is 10.7 Å². The van der Waals surface area contributed by atoms with Crippen molar-refractivity contribution in [2.75, 3.05) is 5.32 Å². The zero-order valence-electron chi connectivity index (χ0n) is 18.3. The Labute approximate surface area is 200 Å². The van der Waals surface area contributed by atoms with E-state index in [1.807, 2.05) is 26.0 Å². The highest BCUT2D eigenvalue weighted by atomic mass is 35.5. The van der Waals surface area contributed by atoms with Crippen LogP contribution < -0.4 is 10.7 Å². The van der Waals surface area contributed by atoms with Crippen LogP contribution in [0.4, 0.5) is 10.1 Å². The predicted octanol–water partition coefficient (Wildman–Crippen LogP) is 4.88. The predicted molar refractivity (Wildman–Crippen MR) is 130 cm³/mol. The monoisotopic (exact) mass is 498 g/mol. The van der Waals surface area contributed by atoms with Crippen LogP contribution in [0.3, 0.4) is 0 Å². The summed E-state index contributed by atoms with van der Waals surface area (Å²) in [5, 5.41) is 2.99. The van der Waals surface area contributed by atoms with Crippen molar-refractivity contribution in [1.82, 2.24) is 4.57 Å². The lowest BCUT2D eigenvalue weighted by Gasteiger charge is -2.15. The molecule has 0 radical (unpaired) electrons. The van der Waals surface area contributed by atoms with Gasteiger partial charge < -0.3 is 9.88 Å². The van der Waals surface area contributed by atoms with Crippen molar-refractivity contribution in [3.05, 3.63) is 99.1 Å². The number of hydrogen-bond acceptors (Lipinski definition) is 4. The van der Waals surface area contributed by atoms with Crippen LogP contribution in [0.1, 0.15) is 11.1 Å². The molecule has 3 aromatic carbocycles. The fourth-order valence-corrected chi connectivity index (χ4v) is 5.20. The number of aromatic nitrogens is 1. The third-order valence-corrected chi connectivity index (χ3v) is 7.41. The van der Waals surface area contributed by atoms with E-state index >= 15 is 0 Å². The topological polar surface area (TPSA) is 85.2 Å². The summed E-state index contributed by atoms with van der Waals surface area (Å²) in [5.74, 6) is -1.13. The van der Waals surface area contributed by atoms with Crippen LogP contribution in [0, 0.1) is 19.7 Å². The molecule has 0 aliphatic rings. The number of pyridine rings is 1. The minimum absolute atomic E-state index is 0.143. The summed E-state index contributed by atoms with van der Waals surface area (Å²) in [6.45, 7) is 3.50. The van der Waals surface area contributed by atoms with E-state index in [2.05, 4.69) is 5.32 Å². The molecule has 0 bridgehead atoms. The normalized spacial score (nSPS) is 11.5. The van der Waals surface area contributed by atoms with Crippen molar-refractivity contribution in [1.29, 1.82) is 0 Å². The van der Waals surface area contributed by atoms with Gasteiger partial charge in [0.15, 0.2) is 0 Å². The molecule has 1 amide bonds. The molecule has 0 saturated carbocycles. The molecule has 1 aromatic heterocycles. The highest BCUT2D eigenvalue weighted by Gasteiger charge is 2.24. The second kappa shape index (κ2) is 9.04. The molecule has 9 heteroatoms. The number of halogens is 2. The minimum atomic E-state index is -4.27. The fraction of sp³-hybridized carbons (Fsp3) is 0.120. The van der Waals surface area contributed by atoms with Crippen LogP contribution in [0.15, 0.2) is 81.4 Å². The summed E-state index contributed by atoms with van der Waals surface area (Å²) in [5.41, 5.74) is 1.90. The van der Waals surface area contributed by atoms with E-state index in [4.69, 9.17) is 11.6 Å². The number of hydrogen-bond donors (Lipinski definition) is 1. The fourth-order valence-electron chi connectivity index (χ4n) is 3.70. The number of nitrogens with one attached hydrogen (secondary N) is 1. The first-order valence-corrected chi connectivity index (χ1v) is 12.1. The van der Waals surface area contributed by atoms with Crippen molar-refractivity contribution in [3.63, 3.8) is 0 Å². The first-order chi connectivity index (χ1) is 16.1. The largest absolute Gasteiger partial charge is 0.336 e. The standard InChI is InChI=1S/C25H20ClFN2O4S/c1-15-3-9-21(16(2)11-15)28-24(30)14-29-13-23(25(31)20-12-18(27)6-10-22(20)29)34(32,33)19-7-4-17(26)5-8-19/h3-13H,14H2,1-2H3,(H,28,30). The highest BCUT2D eigenvalue weighted by molar-refractivity contribution is 7.91. The number of carbonyl (C=O) groups excluding carboxylic acids is 1. The first kappa shape index (κ1) is 23.7. The molecule has 0 fully saturated rings. The number of sulfone groups is 1. The number of fused-ring (bicyclic) bond motifs is 1. The van der Waals surface area contributed by atoms with Gasteiger partial charge in [-0.15, -0.1) is 0 Å². The number of amides is 1. The van der Waals surface area contributed by atoms with Gasteiger partial charge in [-0.05, 0) is 67.9 Å². The number of benzene rings is 3. The Hall–Kier alpha value is -3.49. The summed E-state index contributed by atoms with van der Waals surface area (Å²) in [6.07, 6.45) is 1.12. The molecule has 1 heterocycles. The SMILES string of the molecule is Cc1ccc(NC(=O)Cn2cc(S(=O)(=O)c3ccc(Cl)cc3)c(=O)c3cc(F)ccc32)c(C)c1. The van der Waals surface area contributed by atoms with Gasteiger partial charge in [0.05, 0.1) is 10.4 Å². The summed E-state index contributed by atoms with van der Waals surface area (Å²) in [7, 11) is -4.27. The molecule has 0 spiro atoms. The van der Waals surface area contributed by atoms with Crippen LogP contribution in [-0.2, 0) is 21.2 Å². The molecule has 0 saturated heterocycles.